The van der Waals surface area contributed by atoms with Gasteiger partial charge in [0.05, 0.1) is 13.2 Å². The van der Waals surface area contributed by atoms with Crippen molar-refractivity contribution in [2.45, 2.75) is 0 Å². The second-order valence-corrected chi connectivity index (χ2v) is 4.31. The van der Waals surface area contributed by atoms with Crippen molar-refractivity contribution in [1.29, 1.82) is 0 Å². The molecule has 0 saturated carbocycles. The fourth-order valence-electron chi connectivity index (χ4n) is 0.332. The van der Waals surface area contributed by atoms with E-state index in [2.05, 4.69) is 13.7 Å². The summed E-state index contributed by atoms with van der Waals surface area (Å²) in [5.74, 6) is 0. The minimum atomic E-state index is -4.61. The molecule has 0 fully saturated rings. The zero-order chi connectivity index (χ0) is 10.5. The molecule has 9 nitrogen and oxygen atoms in total. The molecule has 11 heteroatoms. The van der Waals surface area contributed by atoms with Gasteiger partial charge in [0, 0.05) is 0 Å². The van der Waals surface area contributed by atoms with Crippen LogP contribution in [0.1, 0.15) is 0 Å². The van der Waals surface area contributed by atoms with Gasteiger partial charge in [-0.15, -0.1) is 4.67 Å². The monoisotopic (exact) mass is 238 g/mol. The van der Waals surface area contributed by atoms with Gasteiger partial charge in [-0.05, 0) is 0 Å². The molecule has 0 saturated heterocycles. The van der Waals surface area contributed by atoms with E-state index in [4.69, 9.17) is 19.9 Å². The van der Waals surface area contributed by atoms with Crippen LogP contribution in [0.2, 0.25) is 0 Å². The van der Waals surface area contributed by atoms with Crippen LogP contribution in [0.15, 0.2) is 0 Å². The van der Waals surface area contributed by atoms with Gasteiger partial charge in [0.15, 0.2) is 0 Å². The topological polar surface area (TPSA) is 143 Å². The summed E-state index contributed by atoms with van der Waals surface area (Å²) in [5.41, 5.74) is 0. The van der Waals surface area contributed by atoms with E-state index in [0.717, 1.165) is 0 Å². The zero-order valence-corrected chi connectivity index (χ0v) is 7.93. The molecule has 0 aromatic carbocycles. The average Bonchev–Trinajstić information content (AvgIpc) is 1.97. The van der Waals surface area contributed by atoms with E-state index in [1.54, 1.807) is 0 Å². The lowest BCUT2D eigenvalue weighted by molar-refractivity contribution is -0.162. The molecule has 0 aromatic heterocycles. The Morgan fingerprint density at radius 1 is 1.00 bits per heavy atom. The van der Waals surface area contributed by atoms with Crippen LogP contribution in [0.25, 0.3) is 0 Å². The second-order valence-electron chi connectivity index (χ2n) is 1.71. The summed E-state index contributed by atoms with van der Waals surface area (Å²) < 4.78 is 31.1. The molecule has 0 aliphatic rings. The molecule has 13 heavy (non-hydrogen) atoms. The minimum Gasteiger partial charge on any atom is -0.303 e. The SMILES string of the molecule is O=P(O)(O)OCCOP(=O)(O)OO. The molecule has 0 radical (unpaired) electrons. The van der Waals surface area contributed by atoms with Crippen LogP contribution in [0.4, 0.5) is 0 Å². The fourth-order valence-corrected chi connectivity index (χ4v) is 0.997. The number of hydrogen-bond donors (Lipinski definition) is 4. The van der Waals surface area contributed by atoms with E-state index in [-0.39, 0.29) is 0 Å². The van der Waals surface area contributed by atoms with Crippen molar-refractivity contribution in [1.82, 2.24) is 0 Å². The Labute approximate surface area is 72.7 Å². The van der Waals surface area contributed by atoms with Crippen molar-refractivity contribution in [2.75, 3.05) is 13.2 Å². The molecule has 1 unspecified atom stereocenters. The van der Waals surface area contributed by atoms with Crippen molar-refractivity contribution >= 4 is 15.6 Å². The minimum absolute atomic E-state index is 0.612. The molecule has 0 aromatic rings. The van der Waals surface area contributed by atoms with E-state index >= 15 is 0 Å². The summed E-state index contributed by atoms with van der Waals surface area (Å²) in [5, 5.41) is 7.72. The van der Waals surface area contributed by atoms with Crippen LogP contribution in [0.3, 0.4) is 0 Å². The third-order valence-electron chi connectivity index (χ3n) is 0.700. The Hall–Kier alpha value is 0.180. The predicted octanol–water partition coefficient (Wildman–Crippen LogP) is -0.298. The maximum atomic E-state index is 10.3. The first-order valence-electron chi connectivity index (χ1n) is 2.77. The molecule has 4 N–H and O–H groups in total. The van der Waals surface area contributed by atoms with Gasteiger partial charge in [-0.1, -0.05) is 0 Å². The molecule has 0 rings (SSSR count). The largest absolute Gasteiger partial charge is 0.499 e. The molecule has 0 amide bonds. The van der Waals surface area contributed by atoms with Crippen molar-refractivity contribution < 1.29 is 42.8 Å². The van der Waals surface area contributed by atoms with E-state index < -0.39 is 28.9 Å². The summed E-state index contributed by atoms with van der Waals surface area (Å²) in [4.78, 5) is 24.6. The third-order valence-corrected chi connectivity index (χ3v) is 1.93. The molecule has 0 aliphatic heterocycles. The van der Waals surface area contributed by atoms with Gasteiger partial charge in [0.2, 0.25) is 0 Å². The van der Waals surface area contributed by atoms with Crippen molar-refractivity contribution in [3.05, 3.63) is 0 Å². The highest BCUT2D eigenvalue weighted by atomic mass is 31.2. The summed E-state index contributed by atoms with van der Waals surface area (Å²) in [6.07, 6.45) is 0. The summed E-state index contributed by atoms with van der Waals surface area (Å²) in [7, 11) is -9.14. The molecule has 80 valence electrons. The highest BCUT2D eigenvalue weighted by molar-refractivity contribution is 7.47. The van der Waals surface area contributed by atoms with Crippen molar-refractivity contribution in [2.24, 2.45) is 0 Å². The van der Waals surface area contributed by atoms with Crippen LogP contribution in [0, 0.1) is 0 Å². The lowest BCUT2D eigenvalue weighted by Gasteiger charge is -2.07. The molecule has 1 atom stereocenters. The smallest absolute Gasteiger partial charge is 0.303 e. The van der Waals surface area contributed by atoms with Crippen LogP contribution < -0.4 is 0 Å². The Kier molecular flexibility index (Phi) is 5.23. The van der Waals surface area contributed by atoms with E-state index in [1.807, 2.05) is 0 Å². The van der Waals surface area contributed by atoms with E-state index in [9.17, 15) is 9.13 Å². The highest BCUT2D eigenvalue weighted by Crippen LogP contribution is 2.42. The highest BCUT2D eigenvalue weighted by Gasteiger charge is 2.21. The van der Waals surface area contributed by atoms with Gasteiger partial charge < -0.3 is 14.7 Å². The zero-order valence-electron chi connectivity index (χ0n) is 6.14. The normalized spacial score (nSPS) is 16.9. The second kappa shape index (κ2) is 5.16. The number of phosphoric ester groups is 2. The van der Waals surface area contributed by atoms with Gasteiger partial charge >= 0.3 is 15.6 Å². The fraction of sp³-hybridized carbons (Fsp3) is 1.00. The lowest BCUT2D eigenvalue weighted by Crippen LogP contribution is -2.02. The van der Waals surface area contributed by atoms with Gasteiger partial charge in [0.1, 0.15) is 0 Å². The summed E-state index contributed by atoms with van der Waals surface area (Å²) >= 11 is 0. The number of phosphoric acid groups is 2. The van der Waals surface area contributed by atoms with E-state index in [0.29, 0.717) is 0 Å². The Balaban J connectivity index is 3.59. The maximum Gasteiger partial charge on any atom is 0.499 e. The Morgan fingerprint density at radius 2 is 1.46 bits per heavy atom. The van der Waals surface area contributed by atoms with Gasteiger partial charge in [-0.2, -0.15) is 0 Å². The molecule has 0 aliphatic carbocycles. The standard InChI is InChI=1S/C2H8O9P2/c3-11-13(7,8)10-2-1-9-12(4,5)6/h3H,1-2H2,(H,7,8)(H2,4,5,6). The Morgan fingerprint density at radius 3 is 1.85 bits per heavy atom. The van der Waals surface area contributed by atoms with Gasteiger partial charge in [-0.3, -0.25) is 9.05 Å². The Bertz CT molecular complexity index is 230. The first-order chi connectivity index (χ1) is 5.77. The lowest BCUT2D eigenvalue weighted by atomic mass is 10.8. The summed E-state index contributed by atoms with van der Waals surface area (Å²) in [6.45, 7) is -1.22. The molecular weight excluding hydrogens is 230 g/mol. The maximum absolute atomic E-state index is 10.3. The quantitative estimate of drug-likeness (QED) is 0.212. The number of hydrogen-bond acceptors (Lipinski definition) is 6. The molecule has 0 spiro atoms. The van der Waals surface area contributed by atoms with Crippen LogP contribution in [-0.4, -0.2) is 33.2 Å². The third kappa shape index (κ3) is 8.51. The predicted molar refractivity (Wildman–Crippen MR) is 37.5 cm³/mol. The van der Waals surface area contributed by atoms with E-state index in [1.165, 1.54) is 0 Å². The van der Waals surface area contributed by atoms with Crippen LogP contribution >= 0.6 is 15.6 Å². The first kappa shape index (κ1) is 13.2. The van der Waals surface area contributed by atoms with Gasteiger partial charge in [0.25, 0.3) is 0 Å². The van der Waals surface area contributed by atoms with Crippen molar-refractivity contribution in [3.63, 3.8) is 0 Å². The van der Waals surface area contributed by atoms with Crippen LogP contribution in [-0.2, 0) is 22.9 Å². The molecule has 0 heterocycles. The first-order valence-corrected chi connectivity index (χ1v) is 5.80. The molecule has 0 bridgehead atoms. The summed E-state index contributed by atoms with van der Waals surface area (Å²) in [6, 6.07) is 0. The molecular formula is C2H8O9P2. The van der Waals surface area contributed by atoms with Crippen molar-refractivity contribution in [3.8, 4) is 0 Å². The average molecular weight is 238 g/mol. The number of rotatable bonds is 6. The van der Waals surface area contributed by atoms with Crippen LogP contribution in [0.5, 0.6) is 0 Å². The van der Waals surface area contributed by atoms with Gasteiger partial charge in [-0.25, -0.2) is 14.4 Å².